The van der Waals surface area contributed by atoms with E-state index in [1.165, 1.54) is 64.2 Å². The second kappa shape index (κ2) is 8.85. The van der Waals surface area contributed by atoms with Crippen LogP contribution in [0.3, 0.4) is 0 Å². The quantitative estimate of drug-likeness (QED) is 0.500. The van der Waals surface area contributed by atoms with Crippen LogP contribution in [-0.4, -0.2) is 6.67 Å². The molecule has 0 aromatic heterocycles. The minimum Gasteiger partial charge on any atom is -0.251 e. The molecule has 0 amide bonds. The fraction of sp³-hybridized carbons (Fsp3) is 0.895. The molecular formula is C19H33F. The molecule has 2 aliphatic carbocycles. The van der Waals surface area contributed by atoms with E-state index in [0.717, 1.165) is 23.7 Å². The summed E-state index contributed by atoms with van der Waals surface area (Å²) in [6.07, 6.45) is 19.3. The zero-order valence-electron chi connectivity index (χ0n) is 13.3. The summed E-state index contributed by atoms with van der Waals surface area (Å²) in [5, 5.41) is 0. The van der Waals surface area contributed by atoms with Crippen molar-refractivity contribution in [3.8, 4) is 0 Å². The normalized spacial score (nSPS) is 35.5. The van der Waals surface area contributed by atoms with Crippen molar-refractivity contribution in [3.63, 3.8) is 0 Å². The fourth-order valence-electron chi connectivity index (χ4n) is 4.52. The summed E-state index contributed by atoms with van der Waals surface area (Å²) in [6.45, 7) is 2.12. The van der Waals surface area contributed by atoms with Crippen molar-refractivity contribution in [2.24, 2.45) is 23.7 Å². The smallest absolute Gasteiger partial charge is 0.0928 e. The number of alkyl halides is 1. The summed E-state index contributed by atoms with van der Waals surface area (Å²) in [7, 11) is 0. The molecule has 0 atom stereocenters. The van der Waals surface area contributed by atoms with Gasteiger partial charge in [0.15, 0.2) is 0 Å². The first-order valence-electron chi connectivity index (χ1n) is 9.06. The van der Waals surface area contributed by atoms with E-state index < -0.39 is 0 Å². The van der Waals surface area contributed by atoms with Crippen molar-refractivity contribution >= 4 is 0 Å². The van der Waals surface area contributed by atoms with Crippen molar-refractivity contribution in [2.75, 3.05) is 6.67 Å². The number of allylic oxidation sites excluding steroid dienone is 2. The summed E-state index contributed by atoms with van der Waals surface area (Å²) < 4.78 is 12.1. The number of hydrogen-bond acceptors (Lipinski definition) is 0. The lowest BCUT2D eigenvalue weighted by Gasteiger charge is -2.37. The molecule has 2 fully saturated rings. The molecule has 20 heavy (non-hydrogen) atoms. The molecule has 0 aliphatic heterocycles. The monoisotopic (exact) mass is 280 g/mol. The minimum absolute atomic E-state index is 0.202. The zero-order valence-corrected chi connectivity index (χ0v) is 13.3. The van der Waals surface area contributed by atoms with Gasteiger partial charge >= 0.3 is 0 Å². The molecule has 2 saturated carbocycles. The molecule has 0 radical (unpaired) electrons. The molecule has 0 nitrogen and oxygen atoms in total. The van der Waals surface area contributed by atoms with Gasteiger partial charge in [-0.3, -0.25) is 4.39 Å². The van der Waals surface area contributed by atoms with Gasteiger partial charge in [-0.05, 0) is 68.6 Å². The molecule has 2 rings (SSSR count). The van der Waals surface area contributed by atoms with Gasteiger partial charge in [-0.2, -0.15) is 0 Å². The zero-order chi connectivity index (χ0) is 14.2. The molecule has 2 aliphatic rings. The summed E-state index contributed by atoms with van der Waals surface area (Å²) in [4.78, 5) is 0. The number of rotatable bonds is 6. The number of halogens is 1. The Morgan fingerprint density at radius 1 is 0.900 bits per heavy atom. The van der Waals surface area contributed by atoms with Crippen LogP contribution in [0.15, 0.2) is 12.2 Å². The molecule has 0 N–H and O–H groups in total. The van der Waals surface area contributed by atoms with E-state index >= 15 is 0 Å². The first-order valence-corrected chi connectivity index (χ1v) is 9.06. The number of hydrogen-bond donors (Lipinski definition) is 0. The summed E-state index contributed by atoms with van der Waals surface area (Å²) in [6, 6.07) is 0. The van der Waals surface area contributed by atoms with Crippen LogP contribution in [0.5, 0.6) is 0 Å². The van der Waals surface area contributed by atoms with Gasteiger partial charge in [-0.15, -0.1) is 0 Å². The van der Waals surface area contributed by atoms with Gasteiger partial charge < -0.3 is 0 Å². The largest absolute Gasteiger partial charge is 0.251 e. The maximum Gasteiger partial charge on any atom is 0.0928 e. The van der Waals surface area contributed by atoms with Gasteiger partial charge in [0.1, 0.15) is 0 Å². The molecule has 1 heteroatoms. The topological polar surface area (TPSA) is 0 Å². The van der Waals surface area contributed by atoms with Crippen LogP contribution < -0.4 is 0 Å². The predicted molar refractivity (Wildman–Crippen MR) is 85.5 cm³/mol. The Balaban J connectivity index is 1.67. The maximum absolute atomic E-state index is 12.1. The van der Waals surface area contributed by atoms with E-state index in [1.54, 1.807) is 0 Å². The fourth-order valence-corrected chi connectivity index (χ4v) is 4.52. The third kappa shape index (κ3) is 4.90. The van der Waals surface area contributed by atoms with Crippen LogP contribution >= 0.6 is 0 Å². The summed E-state index contributed by atoms with van der Waals surface area (Å²) >= 11 is 0. The van der Waals surface area contributed by atoms with Gasteiger partial charge in [0.05, 0.1) is 6.67 Å². The molecule has 0 aromatic rings. The van der Waals surface area contributed by atoms with E-state index in [1.807, 2.05) is 0 Å². The van der Waals surface area contributed by atoms with Crippen LogP contribution in [-0.2, 0) is 0 Å². The Labute approximate surface area is 125 Å². The van der Waals surface area contributed by atoms with E-state index in [0.29, 0.717) is 6.42 Å². The van der Waals surface area contributed by atoms with Gasteiger partial charge in [0.2, 0.25) is 0 Å². The molecule has 0 aromatic carbocycles. The lowest BCUT2D eigenvalue weighted by atomic mass is 9.68. The highest BCUT2D eigenvalue weighted by molar-refractivity contribution is 4.92. The van der Waals surface area contributed by atoms with Crippen LogP contribution in [0.25, 0.3) is 0 Å². The minimum atomic E-state index is -0.202. The molecular weight excluding hydrogens is 247 g/mol. The molecule has 0 saturated heterocycles. The molecule has 0 unspecified atom stereocenters. The SMILES string of the molecule is CCC[C@H]1CC[C@H](C2CCC(/C=C/CCF)CC2)CC1. The summed E-state index contributed by atoms with van der Waals surface area (Å²) in [5.74, 6) is 3.81. The van der Waals surface area contributed by atoms with E-state index in [-0.39, 0.29) is 6.67 Å². The second-order valence-electron chi connectivity index (χ2n) is 7.15. The van der Waals surface area contributed by atoms with Crippen LogP contribution in [0.4, 0.5) is 4.39 Å². The maximum atomic E-state index is 12.1. The highest BCUT2D eigenvalue weighted by Gasteiger charge is 2.29. The lowest BCUT2D eigenvalue weighted by molar-refractivity contribution is 0.152. The molecule has 0 bridgehead atoms. The van der Waals surface area contributed by atoms with Crippen molar-refractivity contribution in [1.82, 2.24) is 0 Å². The van der Waals surface area contributed by atoms with Gasteiger partial charge in [0, 0.05) is 0 Å². The first-order chi connectivity index (χ1) is 9.83. The lowest BCUT2D eigenvalue weighted by Crippen LogP contribution is -2.25. The Morgan fingerprint density at radius 3 is 2.05 bits per heavy atom. The molecule has 116 valence electrons. The Morgan fingerprint density at radius 2 is 1.50 bits per heavy atom. The van der Waals surface area contributed by atoms with Gasteiger partial charge in [-0.1, -0.05) is 44.8 Å². The van der Waals surface area contributed by atoms with Crippen LogP contribution in [0.2, 0.25) is 0 Å². The van der Waals surface area contributed by atoms with E-state index in [9.17, 15) is 4.39 Å². The Kier molecular flexibility index (Phi) is 7.10. The van der Waals surface area contributed by atoms with Crippen molar-refractivity contribution in [3.05, 3.63) is 12.2 Å². The molecule has 0 heterocycles. The standard InChI is InChI=1S/C19H33F/c1-2-5-16-7-11-18(12-8-16)19-13-9-17(10-14-19)6-3-4-15-20/h3,6,16-19H,2,4-5,7-15H2,1H3/b6-3+/t16-,17?,18-,19?. The second-order valence-corrected chi connectivity index (χ2v) is 7.15. The van der Waals surface area contributed by atoms with E-state index in [2.05, 4.69) is 19.1 Å². The highest BCUT2D eigenvalue weighted by Crippen LogP contribution is 2.42. The van der Waals surface area contributed by atoms with Crippen molar-refractivity contribution in [1.29, 1.82) is 0 Å². The van der Waals surface area contributed by atoms with Crippen molar-refractivity contribution < 1.29 is 4.39 Å². The third-order valence-corrected chi connectivity index (χ3v) is 5.76. The summed E-state index contributed by atoms with van der Waals surface area (Å²) in [5.41, 5.74) is 0. The first kappa shape index (κ1) is 16.0. The van der Waals surface area contributed by atoms with Gasteiger partial charge in [-0.25, -0.2) is 0 Å². The van der Waals surface area contributed by atoms with E-state index in [4.69, 9.17) is 0 Å². The molecule has 0 spiro atoms. The van der Waals surface area contributed by atoms with Crippen molar-refractivity contribution in [2.45, 2.75) is 77.6 Å². The Bertz CT molecular complexity index is 267. The average Bonchev–Trinajstić information content (AvgIpc) is 2.49. The highest BCUT2D eigenvalue weighted by atomic mass is 19.1. The predicted octanol–water partition coefficient (Wildman–Crippen LogP) is 6.32. The van der Waals surface area contributed by atoms with Crippen LogP contribution in [0, 0.1) is 23.7 Å². The Hall–Kier alpha value is -0.330. The van der Waals surface area contributed by atoms with Gasteiger partial charge in [0.25, 0.3) is 0 Å². The average molecular weight is 280 g/mol. The third-order valence-electron chi connectivity index (χ3n) is 5.76. The van der Waals surface area contributed by atoms with Crippen LogP contribution in [0.1, 0.15) is 77.6 Å².